The Morgan fingerprint density at radius 1 is 1.06 bits per heavy atom. The molecule has 2 N–H and O–H groups in total. The zero-order valence-electron chi connectivity index (χ0n) is 10.0. The fourth-order valence-corrected chi connectivity index (χ4v) is 2.23. The van der Waals surface area contributed by atoms with Gasteiger partial charge in [-0.2, -0.15) is 0 Å². The molecule has 3 heteroatoms. The molecule has 0 spiro atoms. The minimum atomic E-state index is 0.841. The molecule has 0 amide bonds. The number of nitrogen functional groups attached to an aromatic ring is 1. The lowest BCUT2D eigenvalue weighted by Gasteiger charge is -2.23. The smallest absolute Gasteiger partial charge is 0.0368 e. The molecule has 1 saturated heterocycles. The van der Waals surface area contributed by atoms with E-state index in [-0.39, 0.29) is 0 Å². The molecule has 1 fully saturated rings. The first kappa shape index (κ1) is 11.3. The minimum absolute atomic E-state index is 0.841. The van der Waals surface area contributed by atoms with E-state index in [9.17, 15) is 0 Å². The topological polar surface area (TPSA) is 32.5 Å². The number of likely N-dealkylation sites (N-methyl/N-ethyl adjacent to an activating group) is 1. The number of rotatable bonds is 2. The van der Waals surface area contributed by atoms with Gasteiger partial charge in [-0.25, -0.2) is 0 Å². The van der Waals surface area contributed by atoms with Gasteiger partial charge in [-0.1, -0.05) is 6.92 Å². The number of nitrogens with zero attached hydrogens (tertiary/aromatic N) is 2. The fourth-order valence-electron chi connectivity index (χ4n) is 2.23. The molecule has 88 valence electrons. The quantitative estimate of drug-likeness (QED) is 0.770. The van der Waals surface area contributed by atoms with Crippen LogP contribution in [0.25, 0.3) is 0 Å². The van der Waals surface area contributed by atoms with Crippen LogP contribution in [-0.4, -0.2) is 37.6 Å². The van der Waals surface area contributed by atoms with Crippen molar-refractivity contribution in [2.75, 3.05) is 43.4 Å². The first-order valence-corrected chi connectivity index (χ1v) is 6.12. The van der Waals surface area contributed by atoms with Gasteiger partial charge in [0.25, 0.3) is 0 Å². The lowest BCUT2D eigenvalue weighted by molar-refractivity contribution is 0.310. The summed E-state index contributed by atoms with van der Waals surface area (Å²) in [5.41, 5.74) is 7.84. The molecule has 0 unspecified atom stereocenters. The van der Waals surface area contributed by atoms with Crippen LogP contribution in [0.2, 0.25) is 0 Å². The van der Waals surface area contributed by atoms with Crippen molar-refractivity contribution < 1.29 is 0 Å². The van der Waals surface area contributed by atoms with E-state index in [4.69, 9.17) is 5.73 Å². The van der Waals surface area contributed by atoms with E-state index in [1.165, 1.54) is 25.2 Å². The highest BCUT2D eigenvalue weighted by Gasteiger charge is 2.13. The number of benzene rings is 1. The van der Waals surface area contributed by atoms with Gasteiger partial charge >= 0.3 is 0 Å². The zero-order chi connectivity index (χ0) is 11.4. The van der Waals surface area contributed by atoms with Crippen LogP contribution in [0.3, 0.4) is 0 Å². The SMILES string of the molecule is CCN1CCCN(c2ccc(N)cc2)CC1. The highest BCUT2D eigenvalue weighted by Crippen LogP contribution is 2.18. The molecular formula is C13H21N3. The summed E-state index contributed by atoms with van der Waals surface area (Å²) in [4.78, 5) is 4.96. The molecule has 0 bridgehead atoms. The number of hydrogen-bond acceptors (Lipinski definition) is 3. The molecule has 1 aromatic rings. The Labute approximate surface area is 97.8 Å². The summed E-state index contributed by atoms with van der Waals surface area (Å²) in [6.45, 7) is 8.06. The summed E-state index contributed by atoms with van der Waals surface area (Å²) >= 11 is 0. The Morgan fingerprint density at radius 3 is 2.50 bits per heavy atom. The number of hydrogen-bond donors (Lipinski definition) is 1. The van der Waals surface area contributed by atoms with Gasteiger partial charge in [0.05, 0.1) is 0 Å². The molecule has 0 aromatic heterocycles. The van der Waals surface area contributed by atoms with Crippen molar-refractivity contribution >= 4 is 11.4 Å². The summed E-state index contributed by atoms with van der Waals surface area (Å²) in [5, 5.41) is 0. The van der Waals surface area contributed by atoms with E-state index in [0.717, 1.165) is 25.3 Å². The van der Waals surface area contributed by atoms with Gasteiger partial charge < -0.3 is 15.5 Å². The van der Waals surface area contributed by atoms with Crippen LogP contribution in [0.5, 0.6) is 0 Å². The van der Waals surface area contributed by atoms with Crippen molar-refractivity contribution in [1.29, 1.82) is 0 Å². The predicted molar refractivity (Wildman–Crippen MR) is 69.8 cm³/mol. The third-order valence-electron chi connectivity index (χ3n) is 3.29. The molecule has 0 saturated carbocycles. The lowest BCUT2D eigenvalue weighted by atomic mass is 10.2. The highest BCUT2D eigenvalue weighted by molar-refractivity contribution is 5.53. The monoisotopic (exact) mass is 219 g/mol. The van der Waals surface area contributed by atoms with Gasteiger partial charge in [0.15, 0.2) is 0 Å². The maximum Gasteiger partial charge on any atom is 0.0368 e. The van der Waals surface area contributed by atoms with Crippen molar-refractivity contribution in [3.05, 3.63) is 24.3 Å². The van der Waals surface area contributed by atoms with Crippen molar-refractivity contribution in [2.24, 2.45) is 0 Å². The molecule has 1 aromatic carbocycles. The van der Waals surface area contributed by atoms with E-state index in [0.29, 0.717) is 0 Å². The Morgan fingerprint density at radius 2 is 1.81 bits per heavy atom. The Kier molecular flexibility index (Phi) is 3.67. The zero-order valence-corrected chi connectivity index (χ0v) is 10.0. The highest BCUT2D eigenvalue weighted by atomic mass is 15.2. The van der Waals surface area contributed by atoms with E-state index in [2.05, 4.69) is 28.9 Å². The second-order valence-electron chi connectivity index (χ2n) is 4.37. The van der Waals surface area contributed by atoms with E-state index in [1.54, 1.807) is 0 Å². The van der Waals surface area contributed by atoms with Crippen LogP contribution in [0.4, 0.5) is 11.4 Å². The molecular weight excluding hydrogens is 198 g/mol. The number of nitrogens with two attached hydrogens (primary N) is 1. The van der Waals surface area contributed by atoms with Gasteiger partial charge in [0, 0.05) is 31.0 Å². The Bertz CT molecular complexity index is 320. The molecule has 1 heterocycles. The molecule has 1 aliphatic heterocycles. The van der Waals surface area contributed by atoms with Crippen molar-refractivity contribution in [1.82, 2.24) is 4.90 Å². The first-order valence-electron chi connectivity index (χ1n) is 6.12. The van der Waals surface area contributed by atoms with Gasteiger partial charge in [-0.3, -0.25) is 0 Å². The second-order valence-corrected chi connectivity index (χ2v) is 4.37. The van der Waals surface area contributed by atoms with E-state index >= 15 is 0 Å². The minimum Gasteiger partial charge on any atom is -0.399 e. The molecule has 3 nitrogen and oxygen atoms in total. The van der Waals surface area contributed by atoms with Gasteiger partial charge in [-0.05, 0) is 43.8 Å². The first-order chi connectivity index (χ1) is 7.79. The van der Waals surface area contributed by atoms with Crippen molar-refractivity contribution in [2.45, 2.75) is 13.3 Å². The predicted octanol–water partition coefficient (Wildman–Crippen LogP) is 1.80. The Hall–Kier alpha value is -1.22. The maximum atomic E-state index is 5.70. The standard InChI is InChI=1S/C13H21N3/c1-2-15-8-3-9-16(11-10-15)13-6-4-12(14)5-7-13/h4-7H,2-3,8-11,14H2,1H3. The van der Waals surface area contributed by atoms with Gasteiger partial charge in [-0.15, -0.1) is 0 Å². The average Bonchev–Trinajstić information content (AvgIpc) is 2.55. The fraction of sp³-hybridized carbons (Fsp3) is 0.538. The summed E-state index contributed by atoms with van der Waals surface area (Å²) < 4.78 is 0. The third kappa shape index (κ3) is 2.67. The average molecular weight is 219 g/mol. The number of anilines is 2. The molecule has 1 aliphatic rings. The molecule has 0 aliphatic carbocycles. The third-order valence-corrected chi connectivity index (χ3v) is 3.29. The van der Waals surface area contributed by atoms with Crippen molar-refractivity contribution in [3.63, 3.8) is 0 Å². The normalized spacial score (nSPS) is 18.4. The van der Waals surface area contributed by atoms with E-state index < -0.39 is 0 Å². The summed E-state index contributed by atoms with van der Waals surface area (Å²) in [6.07, 6.45) is 1.25. The maximum absolute atomic E-state index is 5.70. The van der Waals surface area contributed by atoms with Gasteiger partial charge in [0.2, 0.25) is 0 Å². The molecule has 16 heavy (non-hydrogen) atoms. The van der Waals surface area contributed by atoms with Crippen LogP contribution in [-0.2, 0) is 0 Å². The Balaban J connectivity index is 2.02. The molecule has 0 radical (unpaired) electrons. The van der Waals surface area contributed by atoms with Crippen LogP contribution >= 0.6 is 0 Å². The van der Waals surface area contributed by atoms with E-state index in [1.807, 2.05) is 12.1 Å². The second kappa shape index (κ2) is 5.21. The van der Waals surface area contributed by atoms with Crippen molar-refractivity contribution in [3.8, 4) is 0 Å². The summed E-state index contributed by atoms with van der Waals surface area (Å²) in [5.74, 6) is 0. The van der Waals surface area contributed by atoms with Gasteiger partial charge in [0.1, 0.15) is 0 Å². The van der Waals surface area contributed by atoms with Crippen LogP contribution < -0.4 is 10.6 Å². The van der Waals surface area contributed by atoms with Crippen LogP contribution in [0, 0.1) is 0 Å². The summed E-state index contributed by atoms with van der Waals surface area (Å²) in [6, 6.07) is 8.21. The summed E-state index contributed by atoms with van der Waals surface area (Å²) in [7, 11) is 0. The molecule has 0 atom stereocenters. The van der Waals surface area contributed by atoms with Crippen LogP contribution in [0.1, 0.15) is 13.3 Å². The largest absolute Gasteiger partial charge is 0.399 e. The molecule has 2 rings (SSSR count). The lowest BCUT2D eigenvalue weighted by Crippen LogP contribution is -2.30. The van der Waals surface area contributed by atoms with Crippen LogP contribution in [0.15, 0.2) is 24.3 Å².